The average Bonchev–Trinajstić information content (AvgIpc) is 0.811. The molecule has 0 amide bonds. The molecule has 0 aromatic rings. The molecule has 0 bridgehead atoms. The van der Waals surface area contributed by atoms with Crippen LogP contribution in [0.15, 0.2) is 0 Å². The van der Waals surface area contributed by atoms with E-state index < -0.39 is 11.1 Å². The van der Waals surface area contributed by atoms with Gasteiger partial charge in [0.15, 0.2) is 0 Å². The third-order valence-electron chi connectivity index (χ3n) is 0. The number of halogens is 1. The molecular formula is CH3BrMgO2S. The summed E-state index contributed by atoms with van der Waals surface area (Å²) >= 11 is -1.86. The normalized spacial score (nSPS) is 10.3. The van der Waals surface area contributed by atoms with Crippen LogP contribution in [0.1, 0.15) is 0 Å². The van der Waals surface area contributed by atoms with Gasteiger partial charge in [-0.05, 0) is 6.26 Å². The zero-order valence-electron chi connectivity index (χ0n) is 3.31. The third-order valence-corrected chi connectivity index (χ3v) is 0. The van der Waals surface area contributed by atoms with Gasteiger partial charge >= 0.3 is 23.1 Å². The van der Waals surface area contributed by atoms with Crippen LogP contribution in [0.3, 0.4) is 0 Å². The smallest absolute Gasteiger partial charge is 1.00 e. The van der Waals surface area contributed by atoms with Gasteiger partial charge in [-0.2, -0.15) is 0 Å². The molecule has 1 atom stereocenters. The van der Waals surface area contributed by atoms with Gasteiger partial charge in [0.05, 0.1) is 0 Å². The Morgan fingerprint density at radius 3 is 1.67 bits per heavy atom. The van der Waals surface area contributed by atoms with Crippen molar-refractivity contribution in [3.63, 3.8) is 0 Å². The van der Waals surface area contributed by atoms with Crippen molar-refractivity contribution in [3.05, 3.63) is 0 Å². The summed E-state index contributed by atoms with van der Waals surface area (Å²) in [5.41, 5.74) is 0. The molecule has 0 rings (SSSR count). The zero-order valence-corrected chi connectivity index (χ0v) is 7.13. The van der Waals surface area contributed by atoms with Crippen LogP contribution in [0, 0.1) is 0 Å². The summed E-state index contributed by atoms with van der Waals surface area (Å²) in [5, 5.41) is 0. The fourth-order valence-corrected chi connectivity index (χ4v) is 0. The molecule has 0 aromatic carbocycles. The summed E-state index contributed by atoms with van der Waals surface area (Å²) in [6.07, 6.45) is 1.08. The van der Waals surface area contributed by atoms with E-state index in [1.54, 1.807) is 0 Å². The standard InChI is InChI=1S/CH4O2S.BrH.Mg/c1-4(2)3;;/h1H3,(H,2,3);1H;/q;;+2/p-2. The average molecular weight is 183 g/mol. The van der Waals surface area contributed by atoms with Crippen LogP contribution >= 0.6 is 0 Å². The Bertz CT molecular complexity index is 36.5. The molecule has 0 heterocycles. The Kier molecular flexibility index (Phi) is 25.1. The first-order valence-corrected chi connectivity index (χ1v) is 2.22. The predicted molar refractivity (Wildman–Crippen MR) is 20.6 cm³/mol. The molecule has 0 saturated heterocycles. The van der Waals surface area contributed by atoms with Gasteiger partial charge in [0.1, 0.15) is 0 Å². The minimum Gasteiger partial charge on any atom is -1.00 e. The Labute approximate surface area is 65.9 Å². The molecule has 0 aliphatic rings. The van der Waals surface area contributed by atoms with Crippen LogP contribution in [0.5, 0.6) is 0 Å². The summed E-state index contributed by atoms with van der Waals surface area (Å²) in [5.74, 6) is 0. The van der Waals surface area contributed by atoms with E-state index in [1.165, 1.54) is 0 Å². The van der Waals surface area contributed by atoms with Gasteiger partial charge in [-0.25, -0.2) is 0 Å². The van der Waals surface area contributed by atoms with Crippen molar-refractivity contribution in [1.82, 2.24) is 0 Å². The monoisotopic (exact) mass is 182 g/mol. The topological polar surface area (TPSA) is 40.1 Å². The van der Waals surface area contributed by atoms with Gasteiger partial charge < -0.3 is 21.5 Å². The molecule has 6 heavy (non-hydrogen) atoms. The van der Waals surface area contributed by atoms with Gasteiger partial charge in [0.2, 0.25) is 0 Å². The van der Waals surface area contributed by atoms with Crippen LogP contribution in [-0.2, 0) is 11.1 Å². The number of hydrogen-bond donors (Lipinski definition) is 0. The van der Waals surface area contributed by atoms with Gasteiger partial charge in [-0.15, -0.1) is 0 Å². The molecule has 0 aromatic heterocycles. The van der Waals surface area contributed by atoms with Crippen molar-refractivity contribution in [3.8, 4) is 0 Å². The van der Waals surface area contributed by atoms with E-state index in [1.807, 2.05) is 0 Å². The minimum atomic E-state index is -1.86. The van der Waals surface area contributed by atoms with E-state index in [2.05, 4.69) is 0 Å². The van der Waals surface area contributed by atoms with Crippen molar-refractivity contribution in [1.29, 1.82) is 0 Å². The Hall–Kier alpha value is 1.36. The maximum absolute atomic E-state index is 9.00. The molecule has 2 nitrogen and oxygen atoms in total. The van der Waals surface area contributed by atoms with Gasteiger partial charge in [-0.1, -0.05) is 11.1 Å². The number of hydrogen-bond acceptors (Lipinski definition) is 2. The SMILES string of the molecule is CS(=O)[O-].[Br-].[Mg+2]. The fraction of sp³-hybridized carbons (Fsp3) is 1.00. The molecular weight excluding hydrogens is 180 g/mol. The maximum Gasteiger partial charge on any atom is 2.00 e. The van der Waals surface area contributed by atoms with E-state index >= 15 is 0 Å². The second kappa shape index (κ2) is 9.61. The van der Waals surface area contributed by atoms with Crippen molar-refractivity contribution in [2.45, 2.75) is 0 Å². The molecule has 0 fully saturated rings. The van der Waals surface area contributed by atoms with Crippen LogP contribution in [-0.4, -0.2) is 38.1 Å². The molecule has 0 N–H and O–H groups in total. The van der Waals surface area contributed by atoms with E-state index in [-0.39, 0.29) is 40.0 Å². The molecule has 0 spiro atoms. The predicted octanol–water partition coefficient (Wildman–Crippen LogP) is -3.88. The largest absolute Gasteiger partial charge is 2.00 e. The van der Waals surface area contributed by atoms with E-state index in [4.69, 9.17) is 8.76 Å². The van der Waals surface area contributed by atoms with Crippen LogP contribution in [0.25, 0.3) is 0 Å². The molecule has 34 valence electrons. The molecule has 0 aliphatic heterocycles. The first-order valence-electron chi connectivity index (χ1n) is 0.742. The van der Waals surface area contributed by atoms with E-state index in [0.717, 1.165) is 6.26 Å². The summed E-state index contributed by atoms with van der Waals surface area (Å²) < 4.78 is 18.0. The van der Waals surface area contributed by atoms with Crippen molar-refractivity contribution >= 4 is 34.1 Å². The van der Waals surface area contributed by atoms with Crippen LogP contribution in [0.2, 0.25) is 0 Å². The molecule has 0 saturated carbocycles. The van der Waals surface area contributed by atoms with Crippen LogP contribution < -0.4 is 17.0 Å². The number of rotatable bonds is 0. The fourth-order valence-electron chi connectivity index (χ4n) is 0. The minimum absolute atomic E-state index is 0. The van der Waals surface area contributed by atoms with Crippen molar-refractivity contribution in [2.24, 2.45) is 0 Å². The summed E-state index contributed by atoms with van der Waals surface area (Å²) in [7, 11) is 0. The summed E-state index contributed by atoms with van der Waals surface area (Å²) in [4.78, 5) is 0. The first-order chi connectivity index (χ1) is 1.73. The second-order valence-electron chi connectivity index (χ2n) is 0.401. The maximum atomic E-state index is 9.00. The second-order valence-corrected chi connectivity index (χ2v) is 1.20. The molecule has 5 heteroatoms. The molecule has 0 radical (unpaired) electrons. The Morgan fingerprint density at radius 2 is 1.67 bits per heavy atom. The zero-order chi connectivity index (χ0) is 3.58. The van der Waals surface area contributed by atoms with Gasteiger partial charge in [0, 0.05) is 0 Å². The molecule has 1 unspecified atom stereocenters. The Balaban J connectivity index is -0.0000000450. The van der Waals surface area contributed by atoms with Crippen molar-refractivity contribution in [2.75, 3.05) is 6.26 Å². The van der Waals surface area contributed by atoms with Gasteiger partial charge in [-0.3, -0.25) is 4.21 Å². The first kappa shape index (κ1) is 15.7. The Morgan fingerprint density at radius 1 is 1.67 bits per heavy atom. The summed E-state index contributed by atoms with van der Waals surface area (Å²) in [6.45, 7) is 0. The third kappa shape index (κ3) is 55.3. The van der Waals surface area contributed by atoms with Crippen molar-refractivity contribution < 1.29 is 25.7 Å². The molecule has 0 aliphatic carbocycles. The summed E-state index contributed by atoms with van der Waals surface area (Å²) in [6, 6.07) is 0. The van der Waals surface area contributed by atoms with E-state index in [9.17, 15) is 0 Å². The quantitative estimate of drug-likeness (QED) is 0.285. The van der Waals surface area contributed by atoms with Crippen LogP contribution in [0.4, 0.5) is 0 Å². The van der Waals surface area contributed by atoms with E-state index in [0.29, 0.717) is 0 Å². The van der Waals surface area contributed by atoms with Gasteiger partial charge in [0.25, 0.3) is 0 Å².